The second kappa shape index (κ2) is 18.2. The Morgan fingerprint density at radius 3 is 1.49 bits per heavy atom. The van der Waals surface area contributed by atoms with Crippen LogP contribution in [0.2, 0.25) is 0 Å². The van der Waals surface area contributed by atoms with Crippen molar-refractivity contribution in [2.75, 3.05) is 6.61 Å². The highest BCUT2D eigenvalue weighted by Crippen LogP contribution is 2.44. The van der Waals surface area contributed by atoms with E-state index < -0.39 is 24.0 Å². The highest BCUT2D eigenvalue weighted by Gasteiger charge is 2.60. The monoisotopic (exact) mass is 582 g/mol. The van der Waals surface area contributed by atoms with Crippen LogP contribution in [-0.2, 0) is 33.2 Å². The summed E-state index contributed by atoms with van der Waals surface area (Å²) in [6.07, 6.45) is 23.8. The van der Waals surface area contributed by atoms with Crippen LogP contribution in [0.5, 0.6) is 0 Å². The van der Waals surface area contributed by atoms with E-state index in [-0.39, 0.29) is 30.9 Å². The molecular weight excluding hydrogens is 520 g/mol. The Morgan fingerprint density at radius 1 is 0.561 bits per heavy atom. The fraction of sp³-hybridized carbons (Fsp3) is 0.971. The molecule has 41 heavy (non-hydrogen) atoms. The molecule has 0 aromatic carbocycles. The molecule has 0 bridgehead atoms. The molecule has 0 spiro atoms. The molecule has 3 rings (SSSR count). The summed E-state index contributed by atoms with van der Waals surface area (Å²) < 4.78 is 35.9. The Kier molecular flexibility index (Phi) is 15.4. The number of hydrogen-bond donors (Lipinski definition) is 0. The summed E-state index contributed by atoms with van der Waals surface area (Å²) in [5.41, 5.74) is 0. The molecule has 7 nitrogen and oxygen atoms in total. The molecule has 3 aliphatic heterocycles. The summed E-state index contributed by atoms with van der Waals surface area (Å²) >= 11 is 0. The predicted molar refractivity (Wildman–Crippen MR) is 161 cm³/mol. The summed E-state index contributed by atoms with van der Waals surface area (Å²) in [6.45, 7) is 9.89. The van der Waals surface area contributed by atoms with Gasteiger partial charge < -0.3 is 28.4 Å². The van der Waals surface area contributed by atoms with Gasteiger partial charge >= 0.3 is 5.97 Å². The SMILES string of the molecule is CCCCCCCCCCCCCCCCCCCCCC(=O)OC[C@@H]1O[C@@H]2OC(C)(C)O[C@@H]2[C@H]2OC(C)(C)O[C@H]21. The highest BCUT2D eigenvalue weighted by molar-refractivity contribution is 5.69. The van der Waals surface area contributed by atoms with Crippen LogP contribution in [-0.4, -0.2) is 54.9 Å². The molecule has 0 amide bonds. The van der Waals surface area contributed by atoms with Gasteiger partial charge in [-0.3, -0.25) is 4.79 Å². The maximum atomic E-state index is 12.4. The lowest BCUT2D eigenvalue weighted by molar-refractivity contribution is -0.242. The van der Waals surface area contributed by atoms with Gasteiger partial charge in [0.1, 0.15) is 31.0 Å². The Morgan fingerprint density at radius 2 is 0.976 bits per heavy atom. The highest BCUT2D eigenvalue weighted by atomic mass is 16.9. The number of unbranched alkanes of at least 4 members (excludes halogenated alkanes) is 18. The van der Waals surface area contributed by atoms with E-state index in [1.165, 1.54) is 109 Å². The minimum Gasteiger partial charge on any atom is -0.463 e. The summed E-state index contributed by atoms with van der Waals surface area (Å²) in [5, 5.41) is 0. The Hall–Kier alpha value is -0.730. The average molecular weight is 583 g/mol. The molecule has 3 fully saturated rings. The molecule has 0 radical (unpaired) electrons. The normalized spacial score (nSPS) is 28.0. The van der Waals surface area contributed by atoms with Crippen molar-refractivity contribution in [3.63, 3.8) is 0 Å². The Labute approximate surface area is 251 Å². The van der Waals surface area contributed by atoms with Crippen LogP contribution in [0.3, 0.4) is 0 Å². The zero-order valence-corrected chi connectivity index (χ0v) is 27.1. The van der Waals surface area contributed by atoms with Crippen LogP contribution >= 0.6 is 0 Å². The van der Waals surface area contributed by atoms with E-state index in [4.69, 9.17) is 28.4 Å². The second-order valence-corrected chi connectivity index (χ2v) is 13.5. The molecule has 7 heteroatoms. The minimum atomic E-state index is -0.756. The van der Waals surface area contributed by atoms with E-state index in [0.29, 0.717) is 6.42 Å². The van der Waals surface area contributed by atoms with Gasteiger partial charge in [-0.15, -0.1) is 0 Å². The zero-order valence-electron chi connectivity index (χ0n) is 27.1. The number of ether oxygens (including phenoxy) is 6. The van der Waals surface area contributed by atoms with Crippen LogP contribution < -0.4 is 0 Å². The Bertz CT molecular complexity index is 724. The Balaban J connectivity index is 1.12. The van der Waals surface area contributed by atoms with Crippen molar-refractivity contribution in [1.29, 1.82) is 0 Å². The summed E-state index contributed by atoms with van der Waals surface area (Å²) in [7, 11) is 0. The van der Waals surface area contributed by atoms with E-state index in [9.17, 15) is 4.79 Å². The van der Waals surface area contributed by atoms with Gasteiger partial charge in [0, 0.05) is 6.42 Å². The summed E-state index contributed by atoms with van der Waals surface area (Å²) in [6, 6.07) is 0. The van der Waals surface area contributed by atoms with Crippen molar-refractivity contribution in [3.05, 3.63) is 0 Å². The van der Waals surface area contributed by atoms with Crippen LogP contribution in [0.4, 0.5) is 0 Å². The molecule has 3 aliphatic rings. The number of carbonyl (C=O) groups is 1. The van der Waals surface area contributed by atoms with Gasteiger partial charge in [-0.2, -0.15) is 0 Å². The molecule has 3 saturated heterocycles. The first-order valence-corrected chi connectivity index (χ1v) is 17.2. The number of fused-ring (bicyclic) bond motifs is 3. The third kappa shape index (κ3) is 12.8. The average Bonchev–Trinajstić information content (AvgIpc) is 3.42. The molecule has 0 N–H and O–H groups in total. The van der Waals surface area contributed by atoms with Gasteiger partial charge in [0.05, 0.1) is 0 Å². The fourth-order valence-electron chi connectivity index (χ4n) is 6.42. The molecule has 0 aromatic rings. The van der Waals surface area contributed by atoms with Crippen LogP contribution in [0.1, 0.15) is 163 Å². The van der Waals surface area contributed by atoms with Crippen LogP contribution in [0.25, 0.3) is 0 Å². The smallest absolute Gasteiger partial charge is 0.305 e. The van der Waals surface area contributed by atoms with E-state index in [2.05, 4.69) is 6.92 Å². The molecular formula is C34H62O7. The van der Waals surface area contributed by atoms with Crippen molar-refractivity contribution in [2.45, 2.75) is 205 Å². The topological polar surface area (TPSA) is 72.5 Å². The first-order valence-electron chi connectivity index (χ1n) is 17.2. The molecule has 0 unspecified atom stereocenters. The van der Waals surface area contributed by atoms with E-state index in [1.807, 2.05) is 27.7 Å². The van der Waals surface area contributed by atoms with Crippen molar-refractivity contribution < 1.29 is 33.2 Å². The van der Waals surface area contributed by atoms with E-state index in [0.717, 1.165) is 12.8 Å². The van der Waals surface area contributed by atoms with Crippen LogP contribution in [0.15, 0.2) is 0 Å². The lowest BCUT2D eigenvalue weighted by Gasteiger charge is -2.36. The number of carbonyl (C=O) groups excluding carboxylic acids is 1. The van der Waals surface area contributed by atoms with Crippen molar-refractivity contribution in [1.82, 2.24) is 0 Å². The predicted octanol–water partition coefficient (Wildman–Crippen LogP) is 8.75. The van der Waals surface area contributed by atoms with Gasteiger partial charge in [-0.05, 0) is 34.1 Å². The maximum Gasteiger partial charge on any atom is 0.305 e. The van der Waals surface area contributed by atoms with Gasteiger partial charge in [0.2, 0.25) is 0 Å². The standard InChI is InChI=1S/C34H62O7/c1-6-7-8-9-10-11-12-13-14-15-16-17-18-19-20-21-22-23-24-25-28(35)36-26-27-29-30(39-33(2,3)38-29)31-32(37-27)41-34(4,5)40-31/h27,29-32H,6-26H2,1-5H3/t27-,29-,30-,31+,32+/m0/s1. The molecule has 0 saturated carbocycles. The number of hydrogen-bond acceptors (Lipinski definition) is 7. The first kappa shape index (κ1) is 34.8. The lowest BCUT2D eigenvalue weighted by Crippen LogP contribution is -2.56. The quantitative estimate of drug-likeness (QED) is 0.0933. The number of rotatable bonds is 22. The first-order chi connectivity index (χ1) is 19.7. The largest absolute Gasteiger partial charge is 0.463 e. The van der Waals surface area contributed by atoms with Gasteiger partial charge in [0.15, 0.2) is 17.9 Å². The third-order valence-electron chi connectivity index (χ3n) is 8.64. The van der Waals surface area contributed by atoms with Gasteiger partial charge in [-0.1, -0.05) is 122 Å². The lowest BCUT2D eigenvalue weighted by atomic mass is 9.99. The van der Waals surface area contributed by atoms with Crippen molar-refractivity contribution in [2.24, 2.45) is 0 Å². The minimum absolute atomic E-state index is 0.131. The van der Waals surface area contributed by atoms with E-state index in [1.54, 1.807) is 0 Å². The molecule has 0 aromatic heterocycles. The third-order valence-corrected chi connectivity index (χ3v) is 8.64. The second-order valence-electron chi connectivity index (χ2n) is 13.5. The molecule has 3 heterocycles. The molecule has 0 aliphatic carbocycles. The molecule has 240 valence electrons. The van der Waals surface area contributed by atoms with Crippen LogP contribution in [0, 0.1) is 0 Å². The van der Waals surface area contributed by atoms with Crippen molar-refractivity contribution in [3.8, 4) is 0 Å². The zero-order chi connectivity index (χ0) is 29.6. The summed E-state index contributed by atoms with van der Waals surface area (Å²) in [4.78, 5) is 12.4. The molecule has 5 atom stereocenters. The van der Waals surface area contributed by atoms with Gasteiger partial charge in [0.25, 0.3) is 0 Å². The van der Waals surface area contributed by atoms with Gasteiger partial charge in [-0.25, -0.2) is 0 Å². The van der Waals surface area contributed by atoms with E-state index >= 15 is 0 Å². The summed E-state index contributed by atoms with van der Waals surface area (Å²) in [5.74, 6) is -1.69. The maximum absolute atomic E-state index is 12.4. The fourth-order valence-corrected chi connectivity index (χ4v) is 6.42. The number of esters is 1. The van der Waals surface area contributed by atoms with Crippen molar-refractivity contribution >= 4 is 5.97 Å².